The van der Waals surface area contributed by atoms with Crippen molar-refractivity contribution in [3.63, 3.8) is 0 Å². The number of ether oxygens (including phenoxy) is 3. The van der Waals surface area contributed by atoms with E-state index in [1.807, 2.05) is 0 Å². The van der Waals surface area contributed by atoms with Crippen LogP contribution < -0.4 is 4.74 Å². The van der Waals surface area contributed by atoms with Crippen molar-refractivity contribution in [1.29, 1.82) is 0 Å². The van der Waals surface area contributed by atoms with Crippen molar-refractivity contribution in [2.24, 2.45) is 0 Å². The third kappa shape index (κ3) is 4.53. The molecule has 5 aromatic carbocycles. The average Bonchev–Trinajstić information content (AvgIpc) is 2.96. The quantitative estimate of drug-likeness (QED) is 0.212. The van der Waals surface area contributed by atoms with Crippen LogP contribution in [0.5, 0.6) is 5.75 Å². The lowest BCUT2D eigenvalue weighted by molar-refractivity contribution is 0.0722. The monoisotopic (exact) mass is 486 g/mol. The largest absolute Gasteiger partial charge is 0.473 e. The standard InChI is InChI=1S/C34H30O3/c1-35-22-23-36-21-19-25-10-14-29(15-11-25)34(30-16-12-26-6-2-3-8-28(26)24-30)20-18-32-31-9-5-4-7-27(31)13-17-33(32)37-34/h2-18,20,24H,19,21-23H2,1H3. The van der Waals surface area contributed by atoms with Crippen molar-refractivity contribution in [1.82, 2.24) is 0 Å². The van der Waals surface area contributed by atoms with Gasteiger partial charge in [0.1, 0.15) is 5.75 Å². The number of hydrogen-bond acceptors (Lipinski definition) is 3. The molecule has 0 N–H and O–H groups in total. The summed E-state index contributed by atoms with van der Waals surface area (Å²) in [7, 11) is 1.69. The van der Waals surface area contributed by atoms with Crippen LogP contribution in [-0.4, -0.2) is 26.9 Å². The predicted octanol–water partition coefficient (Wildman–Crippen LogP) is 7.55. The molecule has 0 bridgehead atoms. The SMILES string of the molecule is COCCOCCc1ccc(C2(c3ccc4ccccc4c3)C=Cc3c(ccc4ccccc34)O2)cc1. The fraction of sp³-hybridized carbons (Fsp3) is 0.176. The Labute approximate surface area is 217 Å². The molecule has 0 radical (unpaired) electrons. The highest BCUT2D eigenvalue weighted by Crippen LogP contribution is 2.44. The van der Waals surface area contributed by atoms with E-state index in [1.165, 1.54) is 27.1 Å². The first kappa shape index (κ1) is 23.5. The average molecular weight is 487 g/mol. The summed E-state index contributed by atoms with van der Waals surface area (Å²) in [5, 5.41) is 4.83. The molecule has 184 valence electrons. The van der Waals surface area contributed by atoms with E-state index in [-0.39, 0.29) is 0 Å². The van der Waals surface area contributed by atoms with Gasteiger partial charge < -0.3 is 14.2 Å². The van der Waals surface area contributed by atoms with E-state index in [9.17, 15) is 0 Å². The van der Waals surface area contributed by atoms with E-state index in [0.29, 0.717) is 19.8 Å². The van der Waals surface area contributed by atoms with Crippen LogP contribution in [0.1, 0.15) is 22.3 Å². The van der Waals surface area contributed by atoms with Crippen LogP contribution >= 0.6 is 0 Å². The van der Waals surface area contributed by atoms with E-state index < -0.39 is 5.60 Å². The number of rotatable bonds is 8. The van der Waals surface area contributed by atoms with Crippen molar-refractivity contribution >= 4 is 27.6 Å². The smallest absolute Gasteiger partial charge is 0.178 e. The summed E-state index contributed by atoms with van der Waals surface area (Å²) in [6, 6.07) is 36.6. The topological polar surface area (TPSA) is 27.7 Å². The number of methoxy groups -OCH3 is 1. The first-order chi connectivity index (χ1) is 18.3. The molecule has 5 aromatic rings. The Hall–Kier alpha value is -3.92. The molecule has 1 atom stereocenters. The number of hydrogen-bond donors (Lipinski definition) is 0. The summed E-state index contributed by atoms with van der Waals surface area (Å²) in [6.45, 7) is 1.91. The number of fused-ring (bicyclic) bond motifs is 4. The Balaban J connectivity index is 1.40. The molecule has 1 aliphatic heterocycles. The minimum Gasteiger partial charge on any atom is -0.473 e. The van der Waals surface area contributed by atoms with Gasteiger partial charge >= 0.3 is 0 Å². The van der Waals surface area contributed by atoms with Gasteiger partial charge in [-0.2, -0.15) is 0 Å². The molecule has 1 unspecified atom stereocenters. The molecule has 1 aliphatic rings. The van der Waals surface area contributed by atoms with Gasteiger partial charge in [0, 0.05) is 23.8 Å². The first-order valence-corrected chi connectivity index (χ1v) is 12.8. The van der Waals surface area contributed by atoms with Crippen LogP contribution in [0.25, 0.3) is 27.6 Å². The summed E-state index contributed by atoms with van der Waals surface area (Å²) in [5.41, 5.74) is 3.84. The highest BCUT2D eigenvalue weighted by atomic mass is 16.5. The van der Waals surface area contributed by atoms with E-state index in [2.05, 4.69) is 115 Å². The molecule has 6 rings (SSSR count). The maximum Gasteiger partial charge on any atom is 0.178 e. The lowest BCUT2D eigenvalue weighted by atomic mass is 9.82. The van der Waals surface area contributed by atoms with Gasteiger partial charge in [0.15, 0.2) is 5.60 Å². The molecule has 0 saturated carbocycles. The second-order valence-electron chi connectivity index (χ2n) is 9.48. The van der Waals surface area contributed by atoms with Crippen LogP contribution in [0.15, 0.2) is 109 Å². The van der Waals surface area contributed by atoms with Crippen molar-refractivity contribution in [2.45, 2.75) is 12.0 Å². The molecule has 0 spiro atoms. The van der Waals surface area contributed by atoms with Gasteiger partial charge in [0.2, 0.25) is 0 Å². The molecule has 0 aliphatic carbocycles. The Kier molecular flexibility index (Phi) is 6.48. The van der Waals surface area contributed by atoms with Gasteiger partial charge in [-0.1, -0.05) is 91.0 Å². The van der Waals surface area contributed by atoms with Crippen LogP contribution in [-0.2, 0) is 21.5 Å². The van der Waals surface area contributed by atoms with E-state index in [4.69, 9.17) is 14.2 Å². The first-order valence-electron chi connectivity index (χ1n) is 12.8. The Morgan fingerprint density at radius 1 is 0.676 bits per heavy atom. The lowest BCUT2D eigenvalue weighted by Gasteiger charge is -2.36. The molecular formula is C34H30O3. The Morgan fingerprint density at radius 2 is 1.41 bits per heavy atom. The molecule has 0 saturated heterocycles. The van der Waals surface area contributed by atoms with Gasteiger partial charge in [-0.15, -0.1) is 0 Å². The number of benzene rings is 5. The maximum atomic E-state index is 6.99. The molecule has 3 nitrogen and oxygen atoms in total. The fourth-order valence-corrected chi connectivity index (χ4v) is 5.20. The van der Waals surface area contributed by atoms with Crippen LogP contribution in [0.4, 0.5) is 0 Å². The third-order valence-electron chi connectivity index (χ3n) is 7.21. The summed E-state index contributed by atoms with van der Waals surface area (Å²) >= 11 is 0. The zero-order valence-electron chi connectivity index (χ0n) is 21.0. The summed E-state index contributed by atoms with van der Waals surface area (Å²) < 4.78 is 17.7. The fourth-order valence-electron chi connectivity index (χ4n) is 5.20. The highest BCUT2D eigenvalue weighted by molar-refractivity contribution is 5.94. The molecule has 0 fully saturated rings. The van der Waals surface area contributed by atoms with Crippen LogP contribution in [0.2, 0.25) is 0 Å². The Morgan fingerprint density at radius 3 is 2.24 bits per heavy atom. The van der Waals surface area contributed by atoms with Gasteiger partial charge in [0.25, 0.3) is 0 Å². The molecule has 1 heterocycles. The summed E-state index contributed by atoms with van der Waals surface area (Å²) in [5.74, 6) is 0.893. The van der Waals surface area contributed by atoms with Crippen LogP contribution in [0, 0.1) is 0 Å². The normalized spacial score (nSPS) is 16.6. The molecule has 37 heavy (non-hydrogen) atoms. The van der Waals surface area contributed by atoms with Crippen molar-refractivity contribution in [2.75, 3.05) is 26.9 Å². The van der Waals surface area contributed by atoms with E-state index >= 15 is 0 Å². The third-order valence-corrected chi connectivity index (χ3v) is 7.21. The molecule has 3 heteroatoms. The summed E-state index contributed by atoms with van der Waals surface area (Å²) in [4.78, 5) is 0. The maximum absolute atomic E-state index is 6.99. The minimum atomic E-state index is -0.729. The lowest BCUT2D eigenvalue weighted by Crippen LogP contribution is -2.34. The minimum absolute atomic E-state index is 0.617. The second-order valence-corrected chi connectivity index (χ2v) is 9.48. The zero-order valence-corrected chi connectivity index (χ0v) is 21.0. The summed E-state index contributed by atoms with van der Waals surface area (Å²) in [6.07, 6.45) is 5.31. The predicted molar refractivity (Wildman–Crippen MR) is 151 cm³/mol. The van der Waals surface area contributed by atoms with Gasteiger partial charge in [-0.3, -0.25) is 0 Å². The molecule has 0 amide bonds. The molecular weight excluding hydrogens is 456 g/mol. The van der Waals surface area contributed by atoms with Crippen molar-refractivity contribution < 1.29 is 14.2 Å². The van der Waals surface area contributed by atoms with Gasteiger partial charge in [0.05, 0.1) is 19.8 Å². The highest BCUT2D eigenvalue weighted by Gasteiger charge is 2.37. The second kappa shape index (κ2) is 10.2. The Bertz CT molecular complexity index is 1570. The van der Waals surface area contributed by atoms with E-state index in [1.54, 1.807) is 7.11 Å². The van der Waals surface area contributed by atoms with E-state index in [0.717, 1.165) is 28.9 Å². The molecule has 0 aromatic heterocycles. The van der Waals surface area contributed by atoms with Gasteiger partial charge in [-0.05, 0) is 57.8 Å². The zero-order chi connectivity index (χ0) is 25.1. The van der Waals surface area contributed by atoms with Crippen molar-refractivity contribution in [3.05, 3.63) is 131 Å². The van der Waals surface area contributed by atoms with Crippen molar-refractivity contribution in [3.8, 4) is 5.75 Å². The van der Waals surface area contributed by atoms with Gasteiger partial charge in [-0.25, -0.2) is 0 Å². The van der Waals surface area contributed by atoms with Crippen LogP contribution in [0.3, 0.4) is 0 Å².